The number of benzene rings is 1. The highest BCUT2D eigenvalue weighted by Gasteiger charge is 2.33. The molecule has 1 aliphatic heterocycles. The summed E-state index contributed by atoms with van der Waals surface area (Å²) in [5, 5.41) is 2.48. The fourth-order valence-corrected chi connectivity index (χ4v) is 5.56. The van der Waals surface area contributed by atoms with Gasteiger partial charge in [-0.3, -0.25) is 19.4 Å². The number of nitrogens with zero attached hydrogens (tertiary/aromatic N) is 2. The van der Waals surface area contributed by atoms with Gasteiger partial charge in [-0.25, -0.2) is 0 Å². The Labute approximate surface area is 260 Å². The van der Waals surface area contributed by atoms with Crippen molar-refractivity contribution < 1.29 is 19.1 Å². The van der Waals surface area contributed by atoms with E-state index in [1.165, 1.54) is 51.9 Å². The molecule has 2 aromatic rings. The van der Waals surface area contributed by atoms with E-state index in [1.807, 2.05) is 55.1 Å². The van der Waals surface area contributed by atoms with Crippen LogP contribution in [0.3, 0.4) is 0 Å². The number of methoxy groups -OCH3 is 1. The minimum atomic E-state index is -0.435. The summed E-state index contributed by atoms with van der Waals surface area (Å²) in [4.78, 5) is 39.9. The largest absolute Gasteiger partial charge is 0.496 e. The van der Waals surface area contributed by atoms with Crippen molar-refractivity contribution in [2.45, 2.75) is 104 Å². The van der Waals surface area contributed by atoms with Crippen LogP contribution in [0.5, 0.6) is 5.75 Å². The first kappa shape index (κ1) is 37.8. The van der Waals surface area contributed by atoms with Crippen LogP contribution in [-0.4, -0.2) is 54.2 Å². The first-order valence-corrected chi connectivity index (χ1v) is 16.1. The molecular formula is C35H56N4O4. The Morgan fingerprint density at radius 3 is 2.26 bits per heavy atom. The number of pyridine rings is 1. The van der Waals surface area contributed by atoms with Crippen molar-refractivity contribution in [2.24, 2.45) is 17.6 Å². The van der Waals surface area contributed by atoms with Gasteiger partial charge in [0.15, 0.2) is 5.78 Å². The molecule has 240 valence electrons. The minimum Gasteiger partial charge on any atom is -0.496 e. The van der Waals surface area contributed by atoms with Crippen molar-refractivity contribution in [1.29, 1.82) is 0 Å². The minimum absolute atomic E-state index is 0.0473. The lowest BCUT2D eigenvalue weighted by atomic mass is 9.80. The average Bonchev–Trinajstić information content (AvgIpc) is 3.54. The van der Waals surface area contributed by atoms with Crippen molar-refractivity contribution in [2.75, 3.05) is 20.2 Å². The van der Waals surface area contributed by atoms with Crippen LogP contribution in [0.1, 0.15) is 103 Å². The number of nitrogens with one attached hydrogen (secondary N) is 1. The first-order valence-electron chi connectivity index (χ1n) is 16.1. The van der Waals surface area contributed by atoms with Crippen LogP contribution in [0.2, 0.25) is 0 Å². The zero-order valence-corrected chi connectivity index (χ0v) is 27.4. The van der Waals surface area contributed by atoms with Crippen LogP contribution < -0.4 is 15.8 Å². The molecule has 1 aromatic heterocycles. The van der Waals surface area contributed by atoms with Crippen LogP contribution >= 0.6 is 0 Å². The van der Waals surface area contributed by atoms with E-state index in [-0.39, 0.29) is 17.7 Å². The third-order valence-electron chi connectivity index (χ3n) is 7.78. The van der Waals surface area contributed by atoms with Crippen LogP contribution in [0, 0.1) is 11.8 Å². The summed E-state index contributed by atoms with van der Waals surface area (Å²) in [6.45, 7) is 11.5. The number of Topliss-reactive ketones (excluding diaryl/α,β-unsaturated/α-hetero) is 1. The summed E-state index contributed by atoms with van der Waals surface area (Å²) in [6.07, 6.45) is 14.0. The topological polar surface area (TPSA) is 115 Å². The average molecular weight is 597 g/mol. The molecular weight excluding hydrogens is 540 g/mol. The van der Waals surface area contributed by atoms with Crippen molar-refractivity contribution in [3.8, 4) is 5.75 Å². The molecule has 2 aliphatic rings. The Balaban J connectivity index is 0.000000414. The highest BCUT2D eigenvalue weighted by molar-refractivity contribution is 5.83. The molecule has 2 heterocycles. The third kappa shape index (κ3) is 13.7. The Hall–Kier alpha value is -3.26. The van der Waals surface area contributed by atoms with E-state index >= 15 is 0 Å². The number of hydrogen-bond acceptors (Lipinski definition) is 6. The molecule has 0 radical (unpaired) electrons. The fourth-order valence-electron chi connectivity index (χ4n) is 5.56. The van der Waals surface area contributed by atoms with E-state index in [9.17, 15) is 14.4 Å². The van der Waals surface area contributed by atoms with E-state index in [2.05, 4.69) is 24.1 Å². The highest BCUT2D eigenvalue weighted by Crippen LogP contribution is 2.35. The molecule has 3 unspecified atom stereocenters. The third-order valence-corrected chi connectivity index (χ3v) is 7.78. The van der Waals surface area contributed by atoms with Gasteiger partial charge in [-0.1, -0.05) is 84.4 Å². The van der Waals surface area contributed by atoms with Crippen molar-refractivity contribution in [1.82, 2.24) is 15.2 Å². The molecule has 2 amide bonds. The zero-order valence-electron chi connectivity index (χ0n) is 27.4. The monoisotopic (exact) mass is 596 g/mol. The molecule has 2 fully saturated rings. The predicted molar refractivity (Wildman–Crippen MR) is 175 cm³/mol. The van der Waals surface area contributed by atoms with Crippen LogP contribution in [0.4, 0.5) is 0 Å². The molecule has 8 nitrogen and oxygen atoms in total. The van der Waals surface area contributed by atoms with Crippen molar-refractivity contribution in [3.05, 3.63) is 59.9 Å². The summed E-state index contributed by atoms with van der Waals surface area (Å²) in [5.41, 5.74) is 8.18. The van der Waals surface area contributed by atoms with Gasteiger partial charge in [0.2, 0.25) is 12.3 Å². The Morgan fingerprint density at radius 1 is 1.05 bits per heavy atom. The number of carbonyl (C=O) groups is 3. The number of ketones is 1. The molecule has 3 atom stereocenters. The van der Waals surface area contributed by atoms with E-state index in [1.54, 1.807) is 19.5 Å². The summed E-state index contributed by atoms with van der Waals surface area (Å²) in [5.74, 6) is 2.44. The van der Waals surface area contributed by atoms with Gasteiger partial charge >= 0.3 is 0 Å². The van der Waals surface area contributed by atoms with Gasteiger partial charge in [0.1, 0.15) is 5.75 Å². The number of rotatable bonds is 10. The number of likely N-dealkylation sites (tertiary alicyclic amines) is 1. The molecule has 4 rings (SSSR count). The second-order valence-corrected chi connectivity index (χ2v) is 11.1. The quantitative estimate of drug-likeness (QED) is 0.312. The standard InChI is InChI=1S/C20H30N2O2.C10H12N2O2.C3H8.C2H6/c1-24-19-10-6-5-9-17(19)18(21)13-20(23)22-12-11-16(14-22)15-7-3-2-4-8-15;1-8(14)10(12-7-13)6-9-2-4-11-5-3-9;1-3-2;1-2/h5-6,9-10,15-16,18H,2-4,7-8,11-14,21H2,1H3;2-5,7,10H,6H2,1H3,(H,12,13);3H2,1-2H3;1-2H3. The molecule has 43 heavy (non-hydrogen) atoms. The number of hydrogen-bond donors (Lipinski definition) is 2. The van der Waals surface area contributed by atoms with Gasteiger partial charge < -0.3 is 20.7 Å². The number of para-hydroxylation sites is 1. The van der Waals surface area contributed by atoms with Gasteiger partial charge in [-0.05, 0) is 55.4 Å². The molecule has 1 saturated carbocycles. The molecule has 0 bridgehead atoms. The van der Waals surface area contributed by atoms with Crippen molar-refractivity contribution >= 4 is 18.1 Å². The highest BCUT2D eigenvalue weighted by atomic mass is 16.5. The Kier molecular flexibility index (Phi) is 19.6. The van der Waals surface area contributed by atoms with E-state index in [4.69, 9.17) is 10.5 Å². The molecule has 3 N–H and O–H groups in total. The zero-order chi connectivity index (χ0) is 32.0. The van der Waals surface area contributed by atoms with Gasteiger partial charge in [0, 0.05) is 43.5 Å². The van der Waals surface area contributed by atoms with Gasteiger partial charge in [0.25, 0.3) is 0 Å². The lowest BCUT2D eigenvalue weighted by Gasteiger charge is -2.27. The van der Waals surface area contributed by atoms with Gasteiger partial charge in [-0.2, -0.15) is 0 Å². The number of nitrogens with two attached hydrogens (primary N) is 1. The number of aromatic nitrogens is 1. The number of carbonyl (C=O) groups excluding carboxylic acids is 3. The van der Waals surface area contributed by atoms with Crippen LogP contribution in [0.25, 0.3) is 0 Å². The van der Waals surface area contributed by atoms with E-state index < -0.39 is 6.04 Å². The van der Waals surface area contributed by atoms with Crippen LogP contribution in [0.15, 0.2) is 48.8 Å². The molecule has 8 heteroatoms. The Bertz CT molecular complexity index is 1040. The first-order chi connectivity index (χ1) is 20.8. The van der Waals surface area contributed by atoms with Gasteiger partial charge in [0.05, 0.1) is 13.2 Å². The van der Waals surface area contributed by atoms with E-state index in [0.717, 1.165) is 35.9 Å². The maximum absolute atomic E-state index is 12.7. The maximum Gasteiger partial charge on any atom is 0.224 e. The summed E-state index contributed by atoms with van der Waals surface area (Å²) in [7, 11) is 1.64. The Morgan fingerprint density at radius 2 is 1.67 bits per heavy atom. The summed E-state index contributed by atoms with van der Waals surface area (Å²) < 4.78 is 5.37. The second-order valence-electron chi connectivity index (χ2n) is 11.1. The van der Waals surface area contributed by atoms with E-state index in [0.29, 0.717) is 25.2 Å². The van der Waals surface area contributed by atoms with Crippen LogP contribution in [-0.2, 0) is 20.8 Å². The summed E-state index contributed by atoms with van der Waals surface area (Å²) in [6, 6.07) is 10.6. The second kappa shape index (κ2) is 22.3. The maximum atomic E-state index is 12.7. The molecule has 1 aromatic carbocycles. The smallest absolute Gasteiger partial charge is 0.224 e. The molecule has 0 spiro atoms. The lowest BCUT2D eigenvalue weighted by Crippen LogP contribution is -2.36. The molecule has 1 saturated heterocycles. The van der Waals surface area contributed by atoms with Gasteiger partial charge in [-0.15, -0.1) is 0 Å². The number of ether oxygens (including phenoxy) is 1. The molecule has 1 aliphatic carbocycles. The lowest BCUT2D eigenvalue weighted by molar-refractivity contribution is -0.130. The fraction of sp³-hybridized carbons (Fsp3) is 0.600. The number of amides is 2. The predicted octanol–water partition coefficient (Wildman–Crippen LogP) is 6.28. The SMILES string of the molecule is CC.CC(=O)C(Cc1ccncc1)NC=O.CCC.COc1ccccc1C(N)CC(=O)N1CCC(C2CCCCC2)C1. The van der Waals surface area contributed by atoms with Crippen molar-refractivity contribution in [3.63, 3.8) is 0 Å². The normalized spacial score (nSPS) is 17.4. The summed E-state index contributed by atoms with van der Waals surface area (Å²) >= 11 is 0.